The lowest BCUT2D eigenvalue weighted by Crippen LogP contribution is -2.42. The summed E-state index contributed by atoms with van der Waals surface area (Å²) in [5.74, 6) is -8.07. The first-order chi connectivity index (χ1) is 9.63. The largest absolute Gasteiger partial charge is 0.481 e. The predicted molar refractivity (Wildman–Crippen MR) is 64.4 cm³/mol. The number of carbonyl (C=O) groups excluding carboxylic acids is 1. The SMILES string of the molecule is O=C(O)CC[C@H](NC(=O)CC(CC(=O)O)C(=O)O)C(=O)O. The van der Waals surface area contributed by atoms with Crippen molar-refractivity contribution in [1.29, 1.82) is 0 Å². The third kappa shape index (κ3) is 8.18. The Morgan fingerprint density at radius 2 is 1.38 bits per heavy atom. The lowest BCUT2D eigenvalue weighted by Gasteiger charge is -2.15. The number of nitrogens with one attached hydrogen (secondary N) is 1. The van der Waals surface area contributed by atoms with Crippen molar-refractivity contribution in [2.75, 3.05) is 0 Å². The molecule has 0 spiro atoms. The Kier molecular flexibility index (Phi) is 7.43. The van der Waals surface area contributed by atoms with Crippen molar-refractivity contribution in [3.63, 3.8) is 0 Å². The molecular formula is C11H15NO9. The van der Waals surface area contributed by atoms with Gasteiger partial charge in [0.15, 0.2) is 0 Å². The summed E-state index contributed by atoms with van der Waals surface area (Å²) in [7, 11) is 0. The molecule has 1 unspecified atom stereocenters. The maximum absolute atomic E-state index is 11.5. The highest BCUT2D eigenvalue weighted by molar-refractivity contribution is 5.88. The van der Waals surface area contributed by atoms with E-state index in [0.29, 0.717) is 0 Å². The van der Waals surface area contributed by atoms with Gasteiger partial charge in [0.2, 0.25) is 5.91 Å². The summed E-state index contributed by atoms with van der Waals surface area (Å²) in [5, 5.41) is 36.5. The van der Waals surface area contributed by atoms with Gasteiger partial charge in [0.25, 0.3) is 0 Å². The van der Waals surface area contributed by atoms with E-state index in [0.717, 1.165) is 0 Å². The Bertz CT molecular complexity index is 445. The maximum Gasteiger partial charge on any atom is 0.326 e. The van der Waals surface area contributed by atoms with Crippen molar-refractivity contribution in [3.8, 4) is 0 Å². The molecule has 0 bridgehead atoms. The second-order valence-corrected chi connectivity index (χ2v) is 4.23. The molecule has 118 valence electrons. The second kappa shape index (κ2) is 8.51. The van der Waals surface area contributed by atoms with Gasteiger partial charge in [0, 0.05) is 12.8 Å². The van der Waals surface area contributed by atoms with E-state index in [1.54, 1.807) is 0 Å². The molecule has 0 aromatic carbocycles. The smallest absolute Gasteiger partial charge is 0.326 e. The fraction of sp³-hybridized carbons (Fsp3) is 0.545. The van der Waals surface area contributed by atoms with Crippen molar-refractivity contribution in [3.05, 3.63) is 0 Å². The summed E-state index contributed by atoms with van der Waals surface area (Å²) in [6.45, 7) is 0. The van der Waals surface area contributed by atoms with Crippen LogP contribution < -0.4 is 5.32 Å². The van der Waals surface area contributed by atoms with Gasteiger partial charge in [-0.1, -0.05) is 0 Å². The van der Waals surface area contributed by atoms with Crippen LogP contribution >= 0.6 is 0 Å². The molecule has 0 fully saturated rings. The van der Waals surface area contributed by atoms with E-state index >= 15 is 0 Å². The van der Waals surface area contributed by atoms with E-state index in [9.17, 15) is 24.0 Å². The van der Waals surface area contributed by atoms with E-state index in [1.165, 1.54) is 0 Å². The Balaban J connectivity index is 4.60. The highest BCUT2D eigenvalue weighted by Crippen LogP contribution is 2.10. The number of rotatable bonds is 10. The molecule has 10 heteroatoms. The normalized spacial score (nSPS) is 13.0. The van der Waals surface area contributed by atoms with Crippen LogP contribution in [0.15, 0.2) is 0 Å². The number of aliphatic carboxylic acids is 4. The van der Waals surface area contributed by atoms with E-state index < -0.39 is 61.0 Å². The van der Waals surface area contributed by atoms with Crippen LogP contribution in [0, 0.1) is 5.92 Å². The molecule has 10 nitrogen and oxygen atoms in total. The van der Waals surface area contributed by atoms with Crippen molar-refractivity contribution in [1.82, 2.24) is 5.32 Å². The highest BCUT2D eigenvalue weighted by Gasteiger charge is 2.27. The highest BCUT2D eigenvalue weighted by atomic mass is 16.4. The molecule has 2 atom stereocenters. The summed E-state index contributed by atoms with van der Waals surface area (Å²) in [6, 6.07) is -1.48. The summed E-state index contributed by atoms with van der Waals surface area (Å²) in [4.78, 5) is 53.9. The Hall–Kier alpha value is -2.65. The molecule has 0 aromatic rings. The molecule has 0 aliphatic rings. The van der Waals surface area contributed by atoms with Crippen LogP contribution in [0.5, 0.6) is 0 Å². The van der Waals surface area contributed by atoms with Crippen LogP contribution in [0.4, 0.5) is 0 Å². The van der Waals surface area contributed by atoms with Gasteiger partial charge in [-0.3, -0.25) is 19.2 Å². The lowest BCUT2D eigenvalue weighted by molar-refractivity contribution is -0.150. The first kappa shape index (κ1) is 18.4. The minimum atomic E-state index is -1.50. The molecule has 0 aliphatic carbocycles. The van der Waals surface area contributed by atoms with Crippen LogP contribution in [0.3, 0.4) is 0 Å². The number of carboxylic acid groups (broad SMARTS) is 4. The van der Waals surface area contributed by atoms with Gasteiger partial charge in [-0.2, -0.15) is 0 Å². The van der Waals surface area contributed by atoms with E-state index in [1.807, 2.05) is 5.32 Å². The Morgan fingerprint density at radius 1 is 0.810 bits per heavy atom. The molecule has 0 saturated heterocycles. The molecule has 0 heterocycles. The van der Waals surface area contributed by atoms with Crippen molar-refractivity contribution in [2.45, 2.75) is 31.7 Å². The topological polar surface area (TPSA) is 178 Å². The van der Waals surface area contributed by atoms with E-state index in [4.69, 9.17) is 20.4 Å². The average Bonchev–Trinajstić information content (AvgIpc) is 2.32. The number of hydrogen-bond donors (Lipinski definition) is 5. The summed E-state index contributed by atoms with van der Waals surface area (Å²) in [6.07, 6.45) is -2.35. The zero-order valence-electron chi connectivity index (χ0n) is 10.8. The summed E-state index contributed by atoms with van der Waals surface area (Å²) >= 11 is 0. The third-order valence-corrected chi connectivity index (χ3v) is 2.48. The maximum atomic E-state index is 11.5. The summed E-state index contributed by atoms with van der Waals surface area (Å²) < 4.78 is 0. The molecule has 0 aliphatic heterocycles. The van der Waals surface area contributed by atoms with Gasteiger partial charge >= 0.3 is 23.9 Å². The average molecular weight is 305 g/mol. The van der Waals surface area contributed by atoms with Gasteiger partial charge in [0.1, 0.15) is 6.04 Å². The van der Waals surface area contributed by atoms with Crippen LogP contribution in [-0.4, -0.2) is 56.3 Å². The fourth-order valence-electron chi connectivity index (χ4n) is 1.46. The number of carbonyl (C=O) groups is 5. The van der Waals surface area contributed by atoms with E-state index in [2.05, 4.69) is 0 Å². The quantitative estimate of drug-likeness (QED) is 0.338. The van der Waals surface area contributed by atoms with E-state index in [-0.39, 0.29) is 6.42 Å². The standard InChI is InChI=1S/C11H15NO9/c13-7(3-5(10(18)19)4-9(16)17)12-6(11(20)21)1-2-8(14)15/h5-6H,1-4H2,(H,12,13)(H,14,15)(H,16,17)(H,18,19)(H,20,21)/t5?,6-/m0/s1. The van der Waals surface area contributed by atoms with Crippen molar-refractivity contribution >= 4 is 29.8 Å². The predicted octanol–water partition coefficient (Wildman–Crippen LogP) is -1.01. The minimum absolute atomic E-state index is 0.368. The van der Waals surface area contributed by atoms with Crippen molar-refractivity contribution < 1.29 is 44.4 Å². The fourth-order valence-corrected chi connectivity index (χ4v) is 1.46. The molecule has 21 heavy (non-hydrogen) atoms. The number of carboxylic acids is 4. The molecule has 0 aromatic heterocycles. The molecule has 0 saturated carbocycles. The minimum Gasteiger partial charge on any atom is -0.481 e. The molecule has 0 rings (SSSR count). The van der Waals surface area contributed by atoms with Crippen LogP contribution in [0.2, 0.25) is 0 Å². The van der Waals surface area contributed by atoms with Gasteiger partial charge in [-0.05, 0) is 6.42 Å². The number of amides is 1. The molecule has 0 radical (unpaired) electrons. The zero-order valence-corrected chi connectivity index (χ0v) is 10.8. The molecular weight excluding hydrogens is 290 g/mol. The van der Waals surface area contributed by atoms with Crippen LogP contribution in [0.25, 0.3) is 0 Å². The molecule has 5 N–H and O–H groups in total. The van der Waals surface area contributed by atoms with Gasteiger partial charge < -0.3 is 25.7 Å². The first-order valence-electron chi connectivity index (χ1n) is 5.82. The number of hydrogen-bond acceptors (Lipinski definition) is 5. The monoisotopic (exact) mass is 305 g/mol. The zero-order chi connectivity index (χ0) is 16.6. The Labute approximate surface area is 118 Å². The molecule has 1 amide bonds. The van der Waals surface area contributed by atoms with Crippen molar-refractivity contribution in [2.24, 2.45) is 5.92 Å². The van der Waals surface area contributed by atoms with Crippen LogP contribution in [0.1, 0.15) is 25.7 Å². The lowest BCUT2D eigenvalue weighted by atomic mass is 10.0. The summed E-state index contributed by atoms with van der Waals surface area (Å²) in [5.41, 5.74) is 0. The third-order valence-electron chi connectivity index (χ3n) is 2.48. The Morgan fingerprint density at radius 3 is 1.76 bits per heavy atom. The first-order valence-corrected chi connectivity index (χ1v) is 5.82. The van der Waals surface area contributed by atoms with Gasteiger partial charge in [-0.15, -0.1) is 0 Å². The van der Waals surface area contributed by atoms with Gasteiger partial charge in [-0.25, -0.2) is 4.79 Å². The van der Waals surface area contributed by atoms with Gasteiger partial charge in [0.05, 0.1) is 12.3 Å². The van der Waals surface area contributed by atoms with Crippen LogP contribution in [-0.2, 0) is 24.0 Å². The second-order valence-electron chi connectivity index (χ2n) is 4.23.